The van der Waals surface area contributed by atoms with E-state index in [0.29, 0.717) is 6.54 Å². The molecule has 0 heterocycles. The van der Waals surface area contributed by atoms with Gasteiger partial charge in [0.05, 0.1) is 6.54 Å². The molecule has 0 aromatic heterocycles. The number of carbonyl (C=O) groups is 1. The molecule has 0 radical (unpaired) electrons. The van der Waals surface area contributed by atoms with Crippen LogP contribution < -0.4 is 10.6 Å². The molecule has 0 aliphatic heterocycles. The minimum absolute atomic E-state index is 0.0822. The van der Waals surface area contributed by atoms with Gasteiger partial charge in [-0.2, -0.15) is 0 Å². The maximum Gasteiger partial charge on any atom is 0.233 e. The number of hydrogen-bond donors (Lipinski definition) is 2. The summed E-state index contributed by atoms with van der Waals surface area (Å²) in [4.78, 5) is 11.5. The van der Waals surface area contributed by atoms with Crippen LogP contribution in [0.2, 0.25) is 0 Å². The molecule has 100 valence electrons. The fraction of sp³-hybridized carbons (Fsp3) is 0.533. The van der Waals surface area contributed by atoms with Gasteiger partial charge in [-0.25, -0.2) is 0 Å². The number of aryl methyl sites for hydroxylation is 1. The van der Waals surface area contributed by atoms with Crippen LogP contribution in [0, 0.1) is 6.92 Å². The van der Waals surface area contributed by atoms with Crippen molar-refractivity contribution in [2.24, 2.45) is 0 Å². The van der Waals surface area contributed by atoms with E-state index in [4.69, 9.17) is 0 Å². The zero-order valence-corrected chi connectivity index (χ0v) is 11.5. The first kappa shape index (κ1) is 14.7. The van der Waals surface area contributed by atoms with Crippen molar-refractivity contribution in [1.29, 1.82) is 0 Å². The first-order chi connectivity index (χ1) is 8.72. The predicted molar refractivity (Wildman–Crippen MR) is 75.4 cm³/mol. The van der Waals surface area contributed by atoms with E-state index in [1.165, 1.54) is 24.0 Å². The summed E-state index contributed by atoms with van der Waals surface area (Å²) in [6, 6.07) is 8.31. The minimum Gasteiger partial charge on any atom is -0.355 e. The quantitative estimate of drug-likeness (QED) is 0.694. The van der Waals surface area contributed by atoms with Crippen molar-refractivity contribution in [3.8, 4) is 0 Å². The maximum absolute atomic E-state index is 11.5. The van der Waals surface area contributed by atoms with Gasteiger partial charge in [-0.15, -0.1) is 0 Å². The van der Waals surface area contributed by atoms with Gasteiger partial charge in [0.2, 0.25) is 5.91 Å². The number of rotatable bonds is 8. The highest BCUT2D eigenvalue weighted by molar-refractivity contribution is 5.77. The summed E-state index contributed by atoms with van der Waals surface area (Å²) in [5, 5.41) is 6.07. The van der Waals surface area contributed by atoms with E-state index < -0.39 is 0 Å². The van der Waals surface area contributed by atoms with Crippen LogP contribution >= 0.6 is 0 Å². The molecule has 0 saturated carbocycles. The highest BCUT2D eigenvalue weighted by Crippen LogP contribution is 2.02. The molecule has 1 rings (SSSR count). The second-order valence-electron chi connectivity index (χ2n) is 4.65. The molecule has 1 aromatic rings. The smallest absolute Gasteiger partial charge is 0.233 e. The van der Waals surface area contributed by atoms with E-state index in [2.05, 4.69) is 42.7 Å². The Morgan fingerprint density at radius 1 is 1.28 bits per heavy atom. The lowest BCUT2D eigenvalue weighted by molar-refractivity contribution is -0.120. The Balaban J connectivity index is 2.12. The van der Waals surface area contributed by atoms with Crippen LogP contribution in [-0.2, 0) is 11.3 Å². The van der Waals surface area contributed by atoms with Crippen molar-refractivity contribution < 1.29 is 4.79 Å². The fourth-order valence-corrected chi connectivity index (χ4v) is 1.81. The molecular weight excluding hydrogens is 224 g/mol. The molecular formula is C15H24N2O. The Bertz CT molecular complexity index is 363. The lowest BCUT2D eigenvalue weighted by Crippen LogP contribution is -2.34. The highest BCUT2D eigenvalue weighted by Gasteiger charge is 1.99. The van der Waals surface area contributed by atoms with Gasteiger partial charge in [-0.05, 0) is 18.9 Å². The topological polar surface area (TPSA) is 41.1 Å². The predicted octanol–water partition coefficient (Wildman–Crippen LogP) is 2.39. The van der Waals surface area contributed by atoms with Crippen LogP contribution in [0.1, 0.15) is 37.3 Å². The van der Waals surface area contributed by atoms with Crippen molar-refractivity contribution >= 4 is 5.91 Å². The Morgan fingerprint density at radius 2 is 2.11 bits per heavy atom. The van der Waals surface area contributed by atoms with E-state index in [1.807, 2.05) is 6.07 Å². The Morgan fingerprint density at radius 3 is 2.83 bits per heavy atom. The third kappa shape index (κ3) is 6.40. The normalized spacial score (nSPS) is 10.3. The molecule has 0 unspecified atom stereocenters. The summed E-state index contributed by atoms with van der Waals surface area (Å²) in [5.74, 6) is 0.0822. The third-order valence-corrected chi connectivity index (χ3v) is 2.80. The van der Waals surface area contributed by atoms with E-state index >= 15 is 0 Å². The summed E-state index contributed by atoms with van der Waals surface area (Å²) < 4.78 is 0. The van der Waals surface area contributed by atoms with Crippen LogP contribution in [0.15, 0.2) is 24.3 Å². The molecule has 0 aliphatic rings. The molecule has 0 atom stereocenters. The number of unbranched alkanes of at least 4 members (excludes halogenated alkanes) is 2. The zero-order valence-electron chi connectivity index (χ0n) is 11.5. The number of amides is 1. The molecule has 3 heteroatoms. The second-order valence-corrected chi connectivity index (χ2v) is 4.65. The molecule has 1 amide bonds. The lowest BCUT2D eigenvalue weighted by atomic mass is 10.1. The van der Waals surface area contributed by atoms with Gasteiger partial charge < -0.3 is 10.6 Å². The van der Waals surface area contributed by atoms with E-state index in [-0.39, 0.29) is 5.91 Å². The average molecular weight is 248 g/mol. The van der Waals surface area contributed by atoms with Gasteiger partial charge in [0.25, 0.3) is 0 Å². The first-order valence-corrected chi connectivity index (χ1v) is 6.75. The number of hydrogen-bond acceptors (Lipinski definition) is 2. The lowest BCUT2D eigenvalue weighted by Gasteiger charge is -2.07. The first-order valence-electron chi connectivity index (χ1n) is 6.75. The molecule has 0 saturated heterocycles. The largest absolute Gasteiger partial charge is 0.355 e. The minimum atomic E-state index is 0.0822. The summed E-state index contributed by atoms with van der Waals surface area (Å²) in [5.41, 5.74) is 2.46. The zero-order chi connectivity index (χ0) is 13.2. The van der Waals surface area contributed by atoms with Crippen molar-refractivity contribution in [1.82, 2.24) is 10.6 Å². The van der Waals surface area contributed by atoms with Crippen molar-refractivity contribution in [3.05, 3.63) is 35.4 Å². The van der Waals surface area contributed by atoms with Gasteiger partial charge in [-0.1, -0.05) is 49.6 Å². The number of benzene rings is 1. The van der Waals surface area contributed by atoms with Gasteiger partial charge >= 0.3 is 0 Å². The van der Waals surface area contributed by atoms with Gasteiger partial charge in [0.15, 0.2) is 0 Å². The summed E-state index contributed by atoms with van der Waals surface area (Å²) in [6.45, 7) is 6.15. The van der Waals surface area contributed by atoms with Crippen LogP contribution in [0.3, 0.4) is 0 Å². The van der Waals surface area contributed by atoms with E-state index in [0.717, 1.165) is 19.5 Å². The van der Waals surface area contributed by atoms with Crippen molar-refractivity contribution in [2.45, 2.75) is 39.7 Å². The van der Waals surface area contributed by atoms with Gasteiger partial charge in [0.1, 0.15) is 0 Å². The standard InChI is InChI=1S/C15H24N2O/c1-3-4-5-9-17-15(18)12-16-11-14-8-6-7-13(2)10-14/h6-8,10,16H,3-5,9,11-12H2,1-2H3,(H,17,18). The highest BCUT2D eigenvalue weighted by atomic mass is 16.1. The monoisotopic (exact) mass is 248 g/mol. The summed E-state index contributed by atoms with van der Waals surface area (Å²) in [6.07, 6.45) is 3.43. The molecule has 2 N–H and O–H groups in total. The van der Waals surface area contributed by atoms with E-state index in [9.17, 15) is 4.79 Å². The Labute approximate surface area is 110 Å². The molecule has 0 aliphatic carbocycles. The fourth-order valence-electron chi connectivity index (χ4n) is 1.81. The second kappa shape index (κ2) is 8.70. The Hall–Kier alpha value is -1.35. The summed E-state index contributed by atoms with van der Waals surface area (Å²) >= 11 is 0. The third-order valence-electron chi connectivity index (χ3n) is 2.80. The van der Waals surface area contributed by atoms with Crippen LogP contribution in [0.5, 0.6) is 0 Å². The molecule has 1 aromatic carbocycles. The van der Waals surface area contributed by atoms with Gasteiger partial charge in [0, 0.05) is 13.1 Å². The summed E-state index contributed by atoms with van der Waals surface area (Å²) in [7, 11) is 0. The molecule has 0 fully saturated rings. The average Bonchev–Trinajstić information content (AvgIpc) is 2.35. The van der Waals surface area contributed by atoms with Crippen molar-refractivity contribution in [3.63, 3.8) is 0 Å². The SMILES string of the molecule is CCCCCNC(=O)CNCc1cccc(C)c1. The van der Waals surface area contributed by atoms with Crippen LogP contribution in [-0.4, -0.2) is 19.0 Å². The molecule has 3 nitrogen and oxygen atoms in total. The van der Waals surface area contributed by atoms with Crippen LogP contribution in [0.25, 0.3) is 0 Å². The van der Waals surface area contributed by atoms with Crippen LogP contribution in [0.4, 0.5) is 0 Å². The maximum atomic E-state index is 11.5. The number of carbonyl (C=O) groups excluding carboxylic acids is 1. The molecule has 0 spiro atoms. The Kier molecular flexibility index (Phi) is 7.11. The molecule has 0 bridgehead atoms. The van der Waals surface area contributed by atoms with Gasteiger partial charge in [-0.3, -0.25) is 4.79 Å². The van der Waals surface area contributed by atoms with Crippen molar-refractivity contribution in [2.75, 3.05) is 13.1 Å². The van der Waals surface area contributed by atoms with E-state index in [1.54, 1.807) is 0 Å². The molecule has 18 heavy (non-hydrogen) atoms. The number of nitrogens with one attached hydrogen (secondary N) is 2.